The summed E-state index contributed by atoms with van der Waals surface area (Å²) in [6, 6.07) is 5.66. The molecule has 0 bridgehead atoms. The maximum atomic E-state index is 13.0. The van der Waals surface area contributed by atoms with Crippen LogP contribution in [-0.4, -0.2) is 46.9 Å². The van der Waals surface area contributed by atoms with E-state index in [1.54, 1.807) is 32.9 Å². The van der Waals surface area contributed by atoms with Gasteiger partial charge in [-0.2, -0.15) is 4.98 Å². The van der Waals surface area contributed by atoms with Gasteiger partial charge in [-0.15, -0.1) is 13.2 Å². The molecule has 1 fully saturated rings. The van der Waals surface area contributed by atoms with Crippen LogP contribution in [-0.2, 0) is 30.4 Å². The molecule has 0 aliphatic heterocycles. The lowest BCUT2D eigenvalue weighted by molar-refractivity contribution is -0.274. The lowest BCUT2D eigenvalue weighted by Crippen LogP contribution is -2.33. The maximum absolute atomic E-state index is 13.0. The summed E-state index contributed by atoms with van der Waals surface area (Å²) in [6.07, 6.45) is -3.26. The van der Waals surface area contributed by atoms with Crippen molar-refractivity contribution in [3.8, 4) is 5.75 Å². The molecule has 1 aliphatic rings. The molecule has 1 aromatic carbocycles. The zero-order valence-electron chi connectivity index (χ0n) is 20.3. The second kappa shape index (κ2) is 10.8. The predicted octanol–water partition coefficient (Wildman–Crippen LogP) is 5.69. The van der Waals surface area contributed by atoms with Crippen molar-refractivity contribution in [2.24, 2.45) is 0 Å². The van der Waals surface area contributed by atoms with Gasteiger partial charge in [0, 0.05) is 6.42 Å². The average molecular weight is 518 g/mol. The van der Waals surface area contributed by atoms with Crippen molar-refractivity contribution in [1.29, 1.82) is 0 Å². The highest BCUT2D eigenvalue weighted by Gasteiger charge is 2.50. The van der Waals surface area contributed by atoms with Crippen LogP contribution in [0.25, 0.3) is 0 Å². The second-order valence-corrected chi connectivity index (χ2v) is 10.8. The molecule has 2 aromatic rings. The van der Waals surface area contributed by atoms with Gasteiger partial charge in [0.2, 0.25) is 5.89 Å². The summed E-state index contributed by atoms with van der Waals surface area (Å²) >= 11 is 0. The maximum Gasteiger partial charge on any atom is 0.573 e. The molecule has 12 heteroatoms. The number of ether oxygens (including phenoxy) is 2. The Hall–Kier alpha value is -2.23. The first-order valence-electron chi connectivity index (χ1n) is 11.3. The highest BCUT2D eigenvalue weighted by molar-refractivity contribution is 7.49. The lowest BCUT2D eigenvalue weighted by Gasteiger charge is -2.27. The van der Waals surface area contributed by atoms with Gasteiger partial charge in [0.25, 0.3) is 0 Å². The minimum absolute atomic E-state index is 0.0715. The van der Waals surface area contributed by atoms with Crippen LogP contribution < -0.4 is 4.74 Å². The SMILES string of the molecule is CCOP(OCC)C(Cc1nc(C2(c3ccc(OC(F)(F)F)cc3)CC2)no1)C(=O)OC(C)(C)C. The molecule has 194 valence electrons. The fourth-order valence-electron chi connectivity index (χ4n) is 3.53. The van der Waals surface area contributed by atoms with Gasteiger partial charge < -0.3 is 23.0 Å². The predicted molar refractivity (Wildman–Crippen MR) is 121 cm³/mol. The summed E-state index contributed by atoms with van der Waals surface area (Å²) in [5.74, 6) is -0.138. The first-order valence-corrected chi connectivity index (χ1v) is 12.6. The third kappa shape index (κ3) is 7.38. The molecule has 1 unspecified atom stereocenters. The van der Waals surface area contributed by atoms with Gasteiger partial charge >= 0.3 is 12.3 Å². The molecule has 0 N–H and O–H groups in total. The molecule has 3 rings (SSSR count). The molecular weight excluding hydrogens is 488 g/mol. The Morgan fingerprint density at radius 2 is 1.71 bits per heavy atom. The van der Waals surface area contributed by atoms with Gasteiger partial charge in [0.1, 0.15) is 17.0 Å². The lowest BCUT2D eigenvalue weighted by atomic mass is 9.95. The average Bonchev–Trinajstić information content (AvgIpc) is 3.41. The van der Waals surface area contributed by atoms with E-state index < -0.39 is 37.4 Å². The molecule has 35 heavy (non-hydrogen) atoms. The molecule has 0 spiro atoms. The molecule has 0 radical (unpaired) electrons. The van der Waals surface area contributed by atoms with Gasteiger partial charge in [-0.1, -0.05) is 17.3 Å². The Labute approximate surface area is 203 Å². The summed E-state index contributed by atoms with van der Waals surface area (Å²) in [5, 5.41) is 4.12. The van der Waals surface area contributed by atoms with Gasteiger partial charge in [0.15, 0.2) is 14.2 Å². The van der Waals surface area contributed by atoms with E-state index in [2.05, 4.69) is 14.9 Å². The van der Waals surface area contributed by atoms with E-state index in [4.69, 9.17) is 18.3 Å². The topological polar surface area (TPSA) is 92.9 Å². The first-order chi connectivity index (χ1) is 16.4. The number of aromatic nitrogens is 2. The van der Waals surface area contributed by atoms with E-state index in [0.29, 0.717) is 31.9 Å². The molecular formula is C23H30F3N2O6P. The number of carbonyl (C=O) groups is 1. The second-order valence-electron chi connectivity index (χ2n) is 9.04. The highest BCUT2D eigenvalue weighted by atomic mass is 31.2. The fourth-order valence-corrected chi connectivity index (χ4v) is 5.00. The number of hydrogen-bond acceptors (Lipinski definition) is 8. The Kier molecular flexibility index (Phi) is 8.44. The summed E-state index contributed by atoms with van der Waals surface area (Å²) in [4.78, 5) is 17.5. The Balaban J connectivity index is 1.80. The van der Waals surface area contributed by atoms with Gasteiger partial charge in [-0.05, 0) is 65.2 Å². The van der Waals surface area contributed by atoms with Crippen molar-refractivity contribution >= 4 is 14.3 Å². The molecule has 1 saturated carbocycles. The Morgan fingerprint density at radius 3 is 2.20 bits per heavy atom. The molecule has 0 amide bonds. The highest BCUT2D eigenvalue weighted by Crippen LogP contribution is 2.53. The fraction of sp³-hybridized carbons (Fsp3) is 0.609. The van der Waals surface area contributed by atoms with Crippen LogP contribution in [0, 0.1) is 0 Å². The quantitative estimate of drug-likeness (QED) is 0.277. The van der Waals surface area contributed by atoms with Crippen molar-refractivity contribution in [2.75, 3.05) is 13.2 Å². The third-order valence-electron chi connectivity index (χ3n) is 5.10. The number of esters is 1. The van der Waals surface area contributed by atoms with E-state index in [-0.39, 0.29) is 18.1 Å². The molecule has 1 aromatic heterocycles. The van der Waals surface area contributed by atoms with E-state index in [1.807, 2.05) is 13.8 Å². The number of carbonyl (C=O) groups excluding carboxylic acids is 1. The largest absolute Gasteiger partial charge is 0.573 e. The summed E-state index contributed by atoms with van der Waals surface area (Å²) in [6.45, 7) is 9.67. The minimum Gasteiger partial charge on any atom is -0.459 e. The van der Waals surface area contributed by atoms with Crippen molar-refractivity contribution < 1.29 is 41.0 Å². The monoisotopic (exact) mass is 518 g/mol. The molecule has 0 saturated heterocycles. The van der Waals surface area contributed by atoms with Crippen molar-refractivity contribution in [1.82, 2.24) is 10.1 Å². The Bertz CT molecular complexity index is 980. The van der Waals surface area contributed by atoms with Crippen LogP contribution in [0.15, 0.2) is 28.8 Å². The third-order valence-corrected chi connectivity index (χ3v) is 7.03. The van der Waals surface area contributed by atoms with Crippen LogP contribution in [0.4, 0.5) is 13.2 Å². The van der Waals surface area contributed by atoms with E-state index in [1.165, 1.54) is 12.1 Å². The standard InChI is InChI=1S/C23H30F3N2O6P/c1-6-30-35(31-7-2)17(19(29)33-21(3,4)5)14-18-27-20(28-34-18)22(12-13-22)15-8-10-16(11-9-15)32-23(24,25)26/h8-11,17H,6-7,12-14H2,1-5H3. The first kappa shape index (κ1) is 27.4. The van der Waals surface area contributed by atoms with E-state index in [9.17, 15) is 18.0 Å². The van der Waals surface area contributed by atoms with Crippen LogP contribution >= 0.6 is 8.38 Å². The zero-order valence-corrected chi connectivity index (χ0v) is 21.2. The van der Waals surface area contributed by atoms with Crippen molar-refractivity contribution in [3.05, 3.63) is 41.5 Å². The minimum atomic E-state index is -4.76. The van der Waals surface area contributed by atoms with E-state index in [0.717, 1.165) is 5.56 Å². The van der Waals surface area contributed by atoms with Gasteiger partial charge in [0.05, 0.1) is 18.6 Å². The molecule has 8 nitrogen and oxygen atoms in total. The molecule has 1 heterocycles. The number of hydrogen-bond donors (Lipinski definition) is 0. The van der Waals surface area contributed by atoms with E-state index >= 15 is 0 Å². The zero-order chi connectivity index (χ0) is 25.9. The number of halogens is 3. The molecule has 1 aliphatic carbocycles. The Morgan fingerprint density at radius 1 is 1.11 bits per heavy atom. The summed E-state index contributed by atoms with van der Waals surface area (Å²) < 4.78 is 63.8. The van der Waals surface area contributed by atoms with Crippen LogP contribution in [0.5, 0.6) is 5.75 Å². The van der Waals surface area contributed by atoms with Crippen molar-refractivity contribution in [3.63, 3.8) is 0 Å². The number of benzene rings is 1. The molecule has 1 atom stereocenters. The van der Waals surface area contributed by atoms with Crippen LogP contribution in [0.2, 0.25) is 0 Å². The number of alkyl halides is 3. The van der Waals surface area contributed by atoms with Crippen molar-refractivity contribution in [2.45, 2.75) is 76.9 Å². The normalized spacial score (nSPS) is 16.3. The van der Waals surface area contributed by atoms with Gasteiger partial charge in [-0.3, -0.25) is 4.79 Å². The number of rotatable bonds is 11. The summed E-state index contributed by atoms with van der Waals surface area (Å²) in [5.41, 5.74) is -1.26. The van der Waals surface area contributed by atoms with Crippen LogP contribution in [0.3, 0.4) is 0 Å². The summed E-state index contributed by atoms with van der Waals surface area (Å²) in [7, 11) is -1.61. The van der Waals surface area contributed by atoms with Gasteiger partial charge in [-0.25, -0.2) is 0 Å². The smallest absolute Gasteiger partial charge is 0.459 e. The van der Waals surface area contributed by atoms with Crippen LogP contribution in [0.1, 0.15) is 64.7 Å². The number of nitrogens with zero attached hydrogens (tertiary/aromatic N) is 2.